The Bertz CT molecular complexity index is 542. The summed E-state index contributed by atoms with van der Waals surface area (Å²) in [6.45, 7) is 1.92. The molecule has 1 N–H and O–H groups in total. The molecule has 2 heterocycles. The smallest absolute Gasteiger partial charge is 0.277 e. The average molecular weight is 302 g/mol. The molecule has 2 unspecified atom stereocenters. The highest BCUT2D eigenvalue weighted by Gasteiger charge is 2.41. The van der Waals surface area contributed by atoms with Gasteiger partial charge in [-0.15, -0.1) is 0 Å². The van der Waals surface area contributed by atoms with Gasteiger partial charge in [-0.1, -0.05) is 13.3 Å². The summed E-state index contributed by atoms with van der Waals surface area (Å²) in [5, 5.41) is 2.17. The van der Waals surface area contributed by atoms with Crippen LogP contribution in [0.2, 0.25) is 0 Å². The Labute approximate surface area is 117 Å². The predicted molar refractivity (Wildman–Crippen MR) is 70.4 cm³/mol. The van der Waals surface area contributed by atoms with Crippen molar-refractivity contribution in [1.29, 1.82) is 0 Å². The van der Waals surface area contributed by atoms with Crippen LogP contribution >= 0.6 is 0 Å². The molecule has 0 aliphatic carbocycles. The second kappa shape index (κ2) is 5.51. The summed E-state index contributed by atoms with van der Waals surface area (Å²) in [6.07, 6.45) is 1.49. The van der Waals surface area contributed by atoms with Crippen molar-refractivity contribution in [2.24, 2.45) is 11.8 Å². The highest BCUT2D eigenvalue weighted by molar-refractivity contribution is 7.91. The number of sulfone groups is 1. The Morgan fingerprint density at radius 1 is 1.30 bits per heavy atom. The van der Waals surface area contributed by atoms with Crippen molar-refractivity contribution in [3.05, 3.63) is 0 Å². The van der Waals surface area contributed by atoms with E-state index in [-0.39, 0.29) is 24.0 Å². The fourth-order valence-electron chi connectivity index (χ4n) is 2.65. The lowest BCUT2D eigenvalue weighted by molar-refractivity contribution is -0.143. The van der Waals surface area contributed by atoms with Crippen molar-refractivity contribution in [1.82, 2.24) is 10.2 Å². The average Bonchev–Trinajstić information content (AvgIpc) is 2.69. The van der Waals surface area contributed by atoms with E-state index in [1.807, 2.05) is 6.92 Å². The molecule has 2 atom stereocenters. The molecule has 2 rings (SSSR count). The standard InChI is InChI=1S/C12H18N2O5S/c1-2-3-9-10(15)13-12(17)14(11(9)16)6-8-4-5-20(18,19)7-8/h8-9H,2-7H2,1H3,(H,13,15,17). The molecule has 0 bridgehead atoms. The third kappa shape index (κ3) is 3.00. The normalized spacial score (nSPS) is 29.6. The highest BCUT2D eigenvalue weighted by atomic mass is 32.2. The number of hydrogen-bond donors (Lipinski definition) is 1. The number of imide groups is 2. The molecule has 0 aromatic rings. The third-order valence-corrected chi connectivity index (χ3v) is 5.54. The van der Waals surface area contributed by atoms with Gasteiger partial charge >= 0.3 is 6.03 Å². The number of carbonyl (C=O) groups is 3. The summed E-state index contributed by atoms with van der Waals surface area (Å²) in [6, 6.07) is -0.739. The van der Waals surface area contributed by atoms with Crippen LogP contribution in [0, 0.1) is 11.8 Å². The van der Waals surface area contributed by atoms with E-state index >= 15 is 0 Å². The lowest BCUT2D eigenvalue weighted by atomic mass is 9.98. The summed E-state index contributed by atoms with van der Waals surface area (Å²) in [5.74, 6) is -2.04. The van der Waals surface area contributed by atoms with E-state index < -0.39 is 33.6 Å². The number of urea groups is 1. The van der Waals surface area contributed by atoms with Crippen LogP contribution in [0.15, 0.2) is 0 Å². The second-order valence-corrected chi connectivity index (χ2v) is 7.58. The summed E-state index contributed by atoms with van der Waals surface area (Å²) in [5.41, 5.74) is 0. The van der Waals surface area contributed by atoms with E-state index in [0.717, 1.165) is 4.90 Å². The Kier molecular flexibility index (Phi) is 4.12. The van der Waals surface area contributed by atoms with Crippen LogP contribution in [0.3, 0.4) is 0 Å². The van der Waals surface area contributed by atoms with Crippen molar-refractivity contribution in [3.8, 4) is 0 Å². The maximum atomic E-state index is 12.2. The number of amides is 4. The zero-order valence-electron chi connectivity index (χ0n) is 11.3. The number of carbonyl (C=O) groups excluding carboxylic acids is 3. The third-order valence-electron chi connectivity index (χ3n) is 3.70. The van der Waals surface area contributed by atoms with E-state index in [9.17, 15) is 22.8 Å². The number of nitrogens with one attached hydrogen (secondary N) is 1. The fourth-order valence-corrected chi connectivity index (χ4v) is 4.50. The molecule has 2 aliphatic heterocycles. The van der Waals surface area contributed by atoms with E-state index in [2.05, 4.69) is 5.32 Å². The molecule has 0 aromatic carbocycles. The Hall–Kier alpha value is -1.44. The molecule has 0 saturated carbocycles. The van der Waals surface area contributed by atoms with Gasteiger partial charge in [-0.2, -0.15) is 0 Å². The first kappa shape index (κ1) is 15.0. The first-order chi connectivity index (χ1) is 9.34. The SMILES string of the molecule is CCCC1C(=O)NC(=O)N(CC2CCS(=O)(=O)C2)C1=O. The van der Waals surface area contributed by atoms with Crippen molar-refractivity contribution in [2.45, 2.75) is 26.2 Å². The van der Waals surface area contributed by atoms with Gasteiger partial charge in [0.25, 0.3) is 0 Å². The maximum Gasteiger partial charge on any atom is 0.330 e. The molecule has 20 heavy (non-hydrogen) atoms. The van der Waals surface area contributed by atoms with E-state index in [1.54, 1.807) is 0 Å². The molecule has 112 valence electrons. The molecule has 0 radical (unpaired) electrons. The van der Waals surface area contributed by atoms with Gasteiger partial charge in [0.15, 0.2) is 9.84 Å². The molecule has 4 amide bonds. The van der Waals surface area contributed by atoms with E-state index in [1.165, 1.54) is 0 Å². The molecule has 2 aliphatic rings. The minimum atomic E-state index is -3.05. The first-order valence-corrected chi connectivity index (χ1v) is 8.53. The zero-order valence-corrected chi connectivity index (χ0v) is 12.1. The molecule has 2 saturated heterocycles. The quantitative estimate of drug-likeness (QED) is 0.732. The first-order valence-electron chi connectivity index (χ1n) is 6.70. The van der Waals surface area contributed by atoms with Gasteiger partial charge < -0.3 is 0 Å². The number of nitrogens with zero attached hydrogens (tertiary/aromatic N) is 1. The maximum absolute atomic E-state index is 12.2. The van der Waals surface area contributed by atoms with Gasteiger partial charge in [-0.25, -0.2) is 13.2 Å². The van der Waals surface area contributed by atoms with Crippen LogP contribution in [-0.4, -0.2) is 49.2 Å². The van der Waals surface area contributed by atoms with Gasteiger partial charge in [0.05, 0.1) is 11.5 Å². The summed E-state index contributed by atoms with van der Waals surface area (Å²) >= 11 is 0. The van der Waals surface area contributed by atoms with Crippen LogP contribution in [0.25, 0.3) is 0 Å². The molecule has 7 nitrogen and oxygen atoms in total. The summed E-state index contributed by atoms with van der Waals surface area (Å²) in [4.78, 5) is 36.5. The minimum absolute atomic E-state index is 0.00352. The van der Waals surface area contributed by atoms with Crippen molar-refractivity contribution in [3.63, 3.8) is 0 Å². The predicted octanol–water partition coefficient (Wildman–Crippen LogP) is -0.0842. The Morgan fingerprint density at radius 2 is 2.00 bits per heavy atom. The van der Waals surface area contributed by atoms with Crippen LogP contribution in [0.4, 0.5) is 4.79 Å². The Balaban J connectivity index is 2.08. The molecule has 8 heteroatoms. The molecule has 0 aromatic heterocycles. The van der Waals surface area contributed by atoms with Crippen molar-refractivity contribution >= 4 is 27.7 Å². The summed E-state index contributed by atoms with van der Waals surface area (Å²) in [7, 11) is -3.05. The van der Waals surface area contributed by atoms with Crippen LogP contribution in [-0.2, 0) is 19.4 Å². The van der Waals surface area contributed by atoms with Crippen molar-refractivity contribution < 1.29 is 22.8 Å². The van der Waals surface area contributed by atoms with Crippen LogP contribution in [0.1, 0.15) is 26.2 Å². The minimum Gasteiger partial charge on any atom is -0.277 e. The molecular weight excluding hydrogens is 284 g/mol. The van der Waals surface area contributed by atoms with Crippen LogP contribution in [0.5, 0.6) is 0 Å². The number of hydrogen-bond acceptors (Lipinski definition) is 5. The largest absolute Gasteiger partial charge is 0.330 e. The van der Waals surface area contributed by atoms with Gasteiger partial charge in [-0.3, -0.25) is 19.8 Å². The van der Waals surface area contributed by atoms with E-state index in [4.69, 9.17) is 0 Å². The monoisotopic (exact) mass is 302 g/mol. The topological polar surface area (TPSA) is 101 Å². The molecule has 0 spiro atoms. The van der Waals surface area contributed by atoms with Crippen LogP contribution < -0.4 is 5.32 Å². The highest BCUT2D eigenvalue weighted by Crippen LogP contribution is 2.23. The Morgan fingerprint density at radius 3 is 2.55 bits per heavy atom. The molecule has 2 fully saturated rings. The van der Waals surface area contributed by atoms with E-state index in [0.29, 0.717) is 19.3 Å². The van der Waals surface area contributed by atoms with Gasteiger partial charge in [0.2, 0.25) is 11.8 Å². The fraction of sp³-hybridized carbons (Fsp3) is 0.750. The lowest BCUT2D eigenvalue weighted by Crippen LogP contribution is -2.58. The van der Waals surface area contributed by atoms with Gasteiger partial charge in [-0.05, 0) is 18.8 Å². The number of rotatable bonds is 4. The van der Waals surface area contributed by atoms with Gasteiger partial charge in [0.1, 0.15) is 5.92 Å². The lowest BCUT2D eigenvalue weighted by Gasteiger charge is -2.31. The van der Waals surface area contributed by atoms with Crippen molar-refractivity contribution in [2.75, 3.05) is 18.1 Å². The number of barbiturate groups is 1. The zero-order chi connectivity index (χ0) is 14.9. The summed E-state index contributed by atoms with van der Waals surface area (Å²) < 4.78 is 22.8. The second-order valence-electron chi connectivity index (χ2n) is 5.35. The molecular formula is C12H18N2O5S. The van der Waals surface area contributed by atoms with Gasteiger partial charge in [0, 0.05) is 6.54 Å².